The summed E-state index contributed by atoms with van der Waals surface area (Å²) in [7, 11) is 0. The Hall–Kier alpha value is -2.54. The Labute approximate surface area is 194 Å². The maximum absolute atomic E-state index is 14.6. The molecule has 0 unspecified atom stereocenters. The monoisotopic (exact) mass is 589 g/mol. The van der Waals surface area contributed by atoms with Crippen molar-refractivity contribution in [3.05, 3.63) is 84.7 Å². The van der Waals surface area contributed by atoms with Crippen LogP contribution in [0.2, 0.25) is 5.02 Å². The van der Waals surface area contributed by atoms with E-state index in [1.54, 1.807) is 19.1 Å². The first-order valence-electron chi connectivity index (χ1n) is 8.38. The Bertz CT molecular complexity index is 1240. The lowest BCUT2D eigenvalue weighted by molar-refractivity contribution is 0.0716. The molecule has 0 atom stereocenters. The standard InChI is InChI=1S/C20H8ClF7INO2/c1-6-4-7(29)2-3-10(6)30-18-8(5-9(21)11(22)15(18)26)20(31)32-19-16(27)13(24)12(23)14(25)17(19)28/h2-5,30H,1H3. The van der Waals surface area contributed by atoms with Gasteiger partial charge in [0.1, 0.15) is 0 Å². The third kappa shape index (κ3) is 4.35. The van der Waals surface area contributed by atoms with Crippen LogP contribution in [0.25, 0.3) is 0 Å². The molecule has 0 radical (unpaired) electrons. The number of aryl methyl sites for hydroxylation is 1. The van der Waals surface area contributed by atoms with Crippen LogP contribution in [-0.4, -0.2) is 5.97 Å². The molecule has 12 heteroatoms. The van der Waals surface area contributed by atoms with E-state index in [0.717, 1.165) is 3.57 Å². The summed E-state index contributed by atoms with van der Waals surface area (Å²) in [5.74, 6) is -18.9. The van der Waals surface area contributed by atoms with Crippen molar-refractivity contribution >= 4 is 51.5 Å². The summed E-state index contributed by atoms with van der Waals surface area (Å²) in [5.41, 5.74) is -0.928. The minimum Gasteiger partial charge on any atom is -0.416 e. The first-order valence-corrected chi connectivity index (χ1v) is 9.84. The highest BCUT2D eigenvalue weighted by Gasteiger charge is 2.31. The number of esters is 1. The molecule has 0 heterocycles. The molecule has 0 aliphatic carbocycles. The van der Waals surface area contributed by atoms with Gasteiger partial charge in [-0.15, -0.1) is 0 Å². The SMILES string of the molecule is Cc1cc(I)ccc1Nc1c(C(=O)Oc2c(F)c(F)c(F)c(F)c2F)cc(Cl)c(F)c1F. The lowest BCUT2D eigenvalue weighted by Gasteiger charge is -2.16. The van der Waals surface area contributed by atoms with Crippen molar-refractivity contribution in [2.24, 2.45) is 0 Å². The minimum atomic E-state index is -2.47. The van der Waals surface area contributed by atoms with Gasteiger partial charge in [-0.1, -0.05) is 11.6 Å². The average molecular weight is 590 g/mol. The number of halogens is 9. The van der Waals surface area contributed by atoms with Gasteiger partial charge < -0.3 is 10.1 Å². The number of ether oxygens (including phenoxy) is 1. The van der Waals surface area contributed by atoms with Crippen LogP contribution in [0.4, 0.5) is 42.1 Å². The number of hydrogen-bond acceptors (Lipinski definition) is 3. The van der Waals surface area contributed by atoms with E-state index >= 15 is 0 Å². The van der Waals surface area contributed by atoms with Gasteiger partial charge in [-0.05, 0) is 59.3 Å². The molecule has 3 nitrogen and oxygen atoms in total. The number of carbonyl (C=O) groups is 1. The van der Waals surface area contributed by atoms with E-state index in [2.05, 4.69) is 10.1 Å². The predicted molar refractivity (Wildman–Crippen MR) is 110 cm³/mol. The quantitative estimate of drug-likeness (QED) is 0.0875. The van der Waals surface area contributed by atoms with Gasteiger partial charge in [0.15, 0.2) is 11.6 Å². The molecule has 0 spiro atoms. The Morgan fingerprint density at radius 2 is 1.44 bits per heavy atom. The second-order valence-electron chi connectivity index (χ2n) is 6.28. The fourth-order valence-corrected chi connectivity index (χ4v) is 3.44. The maximum atomic E-state index is 14.6. The van der Waals surface area contributed by atoms with Crippen molar-refractivity contribution in [3.8, 4) is 5.75 Å². The van der Waals surface area contributed by atoms with Gasteiger partial charge in [0, 0.05) is 9.26 Å². The molecule has 3 aromatic carbocycles. The second kappa shape index (κ2) is 9.14. The van der Waals surface area contributed by atoms with Crippen LogP contribution in [0.1, 0.15) is 15.9 Å². The smallest absolute Gasteiger partial charge is 0.346 e. The van der Waals surface area contributed by atoms with Crippen molar-refractivity contribution in [3.63, 3.8) is 0 Å². The molecular formula is C20H8ClF7INO2. The zero-order valence-corrected chi connectivity index (χ0v) is 18.4. The number of rotatable bonds is 4. The van der Waals surface area contributed by atoms with Crippen LogP contribution >= 0.6 is 34.2 Å². The van der Waals surface area contributed by atoms with Crippen molar-refractivity contribution in [2.75, 3.05) is 5.32 Å². The van der Waals surface area contributed by atoms with Crippen molar-refractivity contribution in [1.29, 1.82) is 0 Å². The van der Waals surface area contributed by atoms with Gasteiger partial charge in [0.25, 0.3) is 0 Å². The largest absolute Gasteiger partial charge is 0.416 e. The van der Waals surface area contributed by atoms with E-state index in [0.29, 0.717) is 11.6 Å². The molecule has 0 fully saturated rings. The first-order chi connectivity index (χ1) is 14.9. The van der Waals surface area contributed by atoms with Crippen LogP contribution in [0.5, 0.6) is 5.75 Å². The summed E-state index contributed by atoms with van der Waals surface area (Å²) >= 11 is 7.56. The molecule has 168 valence electrons. The van der Waals surface area contributed by atoms with Gasteiger partial charge in [-0.25, -0.2) is 26.7 Å². The predicted octanol–water partition coefficient (Wildman–Crippen LogP) is 7.19. The molecule has 1 N–H and O–H groups in total. The summed E-state index contributed by atoms with van der Waals surface area (Å²) in [4.78, 5) is 12.5. The Kier molecular flexibility index (Phi) is 6.89. The molecule has 0 saturated heterocycles. The molecule has 32 heavy (non-hydrogen) atoms. The lowest BCUT2D eigenvalue weighted by atomic mass is 10.1. The average Bonchev–Trinajstić information content (AvgIpc) is 2.75. The summed E-state index contributed by atoms with van der Waals surface area (Å²) in [5, 5.41) is 1.57. The van der Waals surface area contributed by atoms with Gasteiger partial charge >= 0.3 is 5.97 Å². The second-order valence-corrected chi connectivity index (χ2v) is 7.93. The van der Waals surface area contributed by atoms with E-state index < -0.39 is 68.7 Å². The lowest BCUT2D eigenvalue weighted by Crippen LogP contribution is -2.16. The number of benzene rings is 3. The molecule has 3 aromatic rings. The molecule has 0 aromatic heterocycles. The molecule has 0 bridgehead atoms. The zero-order valence-electron chi connectivity index (χ0n) is 15.5. The normalized spacial score (nSPS) is 10.9. The van der Waals surface area contributed by atoms with Crippen LogP contribution in [0.3, 0.4) is 0 Å². The van der Waals surface area contributed by atoms with E-state index in [1.165, 1.54) is 6.07 Å². The molecule has 0 aliphatic rings. The number of hydrogen-bond donors (Lipinski definition) is 1. The van der Waals surface area contributed by atoms with E-state index in [1.807, 2.05) is 22.6 Å². The molecular weight excluding hydrogens is 582 g/mol. The maximum Gasteiger partial charge on any atom is 0.346 e. The summed E-state index contributed by atoms with van der Waals surface area (Å²) in [6.45, 7) is 1.61. The van der Waals surface area contributed by atoms with Gasteiger partial charge in [0.2, 0.25) is 34.8 Å². The molecule has 0 amide bonds. The Balaban J connectivity index is 2.11. The highest BCUT2D eigenvalue weighted by Crippen LogP contribution is 2.35. The van der Waals surface area contributed by atoms with Crippen LogP contribution in [0.15, 0.2) is 24.3 Å². The molecule has 0 aliphatic heterocycles. The summed E-state index contributed by atoms with van der Waals surface area (Å²) in [6, 6.07) is 5.33. The van der Waals surface area contributed by atoms with Gasteiger partial charge in [-0.3, -0.25) is 0 Å². The number of carbonyl (C=O) groups excluding carboxylic acids is 1. The number of anilines is 2. The molecule has 0 saturated carbocycles. The third-order valence-electron chi connectivity index (χ3n) is 4.19. The highest BCUT2D eigenvalue weighted by atomic mass is 127. The molecule has 3 rings (SSSR count). The van der Waals surface area contributed by atoms with Crippen molar-refractivity contribution in [1.82, 2.24) is 0 Å². The van der Waals surface area contributed by atoms with E-state index in [-0.39, 0.29) is 5.69 Å². The summed E-state index contributed by atoms with van der Waals surface area (Å²) in [6.07, 6.45) is 0. The minimum absolute atomic E-state index is 0.219. The third-order valence-corrected chi connectivity index (χ3v) is 5.14. The van der Waals surface area contributed by atoms with Crippen LogP contribution in [0, 0.1) is 51.2 Å². The van der Waals surface area contributed by atoms with Gasteiger partial charge in [0.05, 0.1) is 16.3 Å². The van der Waals surface area contributed by atoms with Crippen molar-refractivity contribution < 1.29 is 40.3 Å². The topological polar surface area (TPSA) is 38.3 Å². The van der Waals surface area contributed by atoms with Crippen LogP contribution < -0.4 is 10.1 Å². The fourth-order valence-electron chi connectivity index (χ4n) is 2.60. The van der Waals surface area contributed by atoms with E-state index in [4.69, 9.17) is 11.6 Å². The first kappa shape index (κ1) is 24.1. The fraction of sp³-hybridized carbons (Fsp3) is 0.0500. The zero-order chi connectivity index (χ0) is 23.9. The van der Waals surface area contributed by atoms with Gasteiger partial charge in [-0.2, -0.15) is 8.78 Å². The van der Waals surface area contributed by atoms with Crippen LogP contribution in [-0.2, 0) is 0 Å². The Morgan fingerprint density at radius 3 is 2.00 bits per heavy atom. The Morgan fingerprint density at radius 1 is 0.875 bits per heavy atom. The van der Waals surface area contributed by atoms with E-state index in [9.17, 15) is 35.5 Å². The number of nitrogens with one attached hydrogen (secondary N) is 1. The van der Waals surface area contributed by atoms with Crippen molar-refractivity contribution in [2.45, 2.75) is 6.92 Å². The summed E-state index contributed by atoms with van der Waals surface area (Å²) < 4.78 is 101. The highest BCUT2D eigenvalue weighted by molar-refractivity contribution is 14.1.